The predicted molar refractivity (Wildman–Crippen MR) is 136 cm³/mol. The van der Waals surface area contributed by atoms with Crippen molar-refractivity contribution >= 4 is 11.8 Å². The van der Waals surface area contributed by atoms with E-state index in [9.17, 15) is 4.79 Å². The third-order valence-corrected chi connectivity index (χ3v) is 5.90. The van der Waals surface area contributed by atoms with Gasteiger partial charge in [0.25, 0.3) is 0 Å². The van der Waals surface area contributed by atoms with Gasteiger partial charge in [-0.15, -0.1) is 0 Å². The van der Waals surface area contributed by atoms with Gasteiger partial charge in [0.2, 0.25) is 0 Å². The Morgan fingerprint density at radius 2 is 1.66 bits per heavy atom. The molecule has 184 valence electrons. The molecule has 0 saturated carbocycles. The number of hydrogen-bond donors (Lipinski definition) is 0. The highest BCUT2D eigenvalue weighted by Crippen LogP contribution is 2.22. The molecule has 0 atom stereocenters. The summed E-state index contributed by atoms with van der Waals surface area (Å²) in [7, 11) is 1.65. The largest absolute Gasteiger partial charge is 0.497 e. The highest BCUT2D eigenvalue weighted by Gasteiger charge is 2.23. The van der Waals surface area contributed by atoms with Crippen molar-refractivity contribution in [3.8, 4) is 11.5 Å². The second-order valence-corrected chi connectivity index (χ2v) is 8.88. The van der Waals surface area contributed by atoms with Gasteiger partial charge in [-0.1, -0.05) is 30.3 Å². The number of rotatable bonds is 9. The Morgan fingerprint density at radius 1 is 0.943 bits per heavy atom. The Labute approximate surface area is 207 Å². The number of anilines is 1. The molecule has 1 fully saturated rings. The van der Waals surface area contributed by atoms with Gasteiger partial charge in [0.05, 0.1) is 13.2 Å². The SMILES string of the molecule is COc1cccc(OCc2ccc(CN3CCN(c4ncccc4C(=O)OC(C)C)CC3)cc2)c1. The zero-order chi connectivity index (χ0) is 24.6. The predicted octanol–water partition coefficient (Wildman–Crippen LogP) is 4.56. The van der Waals surface area contributed by atoms with Gasteiger partial charge in [-0.3, -0.25) is 4.90 Å². The quantitative estimate of drug-likeness (QED) is 0.421. The maximum atomic E-state index is 12.5. The van der Waals surface area contributed by atoms with Crippen LogP contribution >= 0.6 is 0 Å². The Bertz CT molecular complexity index is 1110. The highest BCUT2D eigenvalue weighted by molar-refractivity contribution is 5.94. The summed E-state index contributed by atoms with van der Waals surface area (Å²) in [5.74, 6) is 1.96. The molecule has 2 heterocycles. The van der Waals surface area contributed by atoms with Crippen LogP contribution in [0.4, 0.5) is 5.82 Å². The number of methoxy groups -OCH3 is 1. The van der Waals surface area contributed by atoms with Gasteiger partial charge >= 0.3 is 5.97 Å². The fourth-order valence-corrected chi connectivity index (χ4v) is 4.06. The molecule has 0 N–H and O–H groups in total. The molecule has 7 nitrogen and oxygen atoms in total. The number of nitrogens with zero attached hydrogens (tertiary/aromatic N) is 3. The number of pyridine rings is 1. The van der Waals surface area contributed by atoms with Gasteiger partial charge in [0.15, 0.2) is 0 Å². The number of esters is 1. The first-order valence-electron chi connectivity index (χ1n) is 12.0. The lowest BCUT2D eigenvalue weighted by Gasteiger charge is -2.36. The van der Waals surface area contributed by atoms with E-state index in [4.69, 9.17) is 14.2 Å². The maximum absolute atomic E-state index is 12.5. The van der Waals surface area contributed by atoms with E-state index in [2.05, 4.69) is 39.0 Å². The van der Waals surface area contributed by atoms with Crippen molar-refractivity contribution in [2.24, 2.45) is 0 Å². The summed E-state index contributed by atoms with van der Waals surface area (Å²) in [4.78, 5) is 21.6. The normalized spacial score (nSPS) is 14.1. The van der Waals surface area contributed by atoms with Crippen molar-refractivity contribution in [1.29, 1.82) is 0 Å². The Balaban J connectivity index is 1.28. The molecule has 0 unspecified atom stereocenters. The van der Waals surface area contributed by atoms with Gasteiger partial charge in [-0.05, 0) is 49.2 Å². The lowest BCUT2D eigenvalue weighted by Crippen LogP contribution is -2.46. The minimum atomic E-state index is -0.319. The lowest BCUT2D eigenvalue weighted by atomic mass is 10.1. The fraction of sp³-hybridized carbons (Fsp3) is 0.357. The number of piperazine rings is 1. The van der Waals surface area contributed by atoms with E-state index < -0.39 is 0 Å². The average Bonchev–Trinajstić information content (AvgIpc) is 2.88. The fourth-order valence-electron chi connectivity index (χ4n) is 4.06. The first-order chi connectivity index (χ1) is 17.0. The second kappa shape index (κ2) is 11.7. The van der Waals surface area contributed by atoms with E-state index in [1.54, 1.807) is 25.4 Å². The van der Waals surface area contributed by atoms with Gasteiger partial charge < -0.3 is 19.1 Å². The van der Waals surface area contributed by atoms with Gasteiger partial charge in [-0.25, -0.2) is 9.78 Å². The van der Waals surface area contributed by atoms with Crippen molar-refractivity contribution in [2.45, 2.75) is 33.1 Å². The van der Waals surface area contributed by atoms with E-state index in [1.165, 1.54) is 5.56 Å². The van der Waals surface area contributed by atoms with Crippen LogP contribution in [0, 0.1) is 0 Å². The van der Waals surface area contributed by atoms with Crippen molar-refractivity contribution in [2.75, 3.05) is 38.2 Å². The van der Waals surface area contributed by atoms with Crippen LogP contribution in [-0.2, 0) is 17.9 Å². The zero-order valence-electron chi connectivity index (χ0n) is 20.6. The van der Waals surface area contributed by atoms with Crippen LogP contribution in [0.3, 0.4) is 0 Å². The van der Waals surface area contributed by atoms with Crippen molar-refractivity contribution < 1.29 is 19.0 Å². The number of hydrogen-bond acceptors (Lipinski definition) is 7. The zero-order valence-corrected chi connectivity index (χ0v) is 20.6. The van der Waals surface area contributed by atoms with Crippen LogP contribution in [-0.4, -0.2) is 55.2 Å². The molecule has 0 spiro atoms. The molecular weight excluding hydrogens is 442 g/mol. The number of carbonyl (C=O) groups excluding carboxylic acids is 1. The molecule has 35 heavy (non-hydrogen) atoms. The molecule has 1 saturated heterocycles. The molecule has 4 rings (SSSR count). The number of carbonyl (C=O) groups is 1. The third kappa shape index (κ3) is 6.73. The van der Waals surface area contributed by atoms with Crippen LogP contribution < -0.4 is 14.4 Å². The van der Waals surface area contributed by atoms with Crippen LogP contribution in [0.15, 0.2) is 66.9 Å². The van der Waals surface area contributed by atoms with E-state index in [0.29, 0.717) is 18.0 Å². The first kappa shape index (κ1) is 24.5. The summed E-state index contributed by atoms with van der Waals surface area (Å²) in [6.45, 7) is 8.52. The smallest absolute Gasteiger partial charge is 0.342 e. The van der Waals surface area contributed by atoms with Crippen LogP contribution in [0.5, 0.6) is 11.5 Å². The van der Waals surface area contributed by atoms with Crippen LogP contribution in [0.2, 0.25) is 0 Å². The number of ether oxygens (including phenoxy) is 3. The molecule has 3 aromatic rings. The van der Waals surface area contributed by atoms with Gasteiger partial charge in [0.1, 0.15) is 29.5 Å². The van der Waals surface area contributed by atoms with Crippen LogP contribution in [0.25, 0.3) is 0 Å². The molecule has 1 aliphatic heterocycles. The van der Waals surface area contributed by atoms with Crippen molar-refractivity contribution in [3.05, 3.63) is 83.6 Å². The highest BCUT2D eigenvalue weighted by atomic mass is 16.5. The number of aromatic nitrogens is 1. The topological polar surface area (TPSA) is 64.1 Å². The Morgan fingerprint density at radius 3 is 2.37 bits per heavy atom. The Hall–Kier alpha value is -3.58. The van der Waals surface area contributed by atoms with Crippen molar-refractivity contribution in [3.63, 3.8) is 0 Å². The molecule has 0 amide bonds. The van der Waals surface area contributed by atoms with Gasteiger partial charge in [-0.2, -0.15) is 0 Å². The van der Waals surface area contributed by atoms with Crippen LogP contribution in [0.1, 0.15) is 35.3 Å². The van der Waals surface area contributed by atoms with Gasteiger partial charge in [0, 0.05) is 45.0 Å². The molecule has 2 aromatic carbocycles. The molecule has 0 bridgehead atoms. The summed E-state index contributed by atoms with van der Waals surface area (Å²) in [6, 6.07) is 19.8. The van der Waals surface area contributed by atoms with E-state index in [-0.39, 0.29) is 12.1 Å². The summed E-state index contributed by atoms with van der Waals surface area (Å²) in [6.07, 6.45) is 1.57. The average molecular weight is 476 g/mol. The minimum absolute atomic E-state index is 0.160. The lowest BCUT2D eigenvalue weighted by molar-refractivity contribution is 0.0378. The second-order valence-electron chi connectivity index (χ2n) is 8.88. The van der Waals surface area contributed by atoms with E-state index in [1.807, 2.05) is 38.1 Å². The van der Waals surface area contributed by atoms with E-state index >= 15 is 0 Å². The van der Waals surface area contributed by atoms with E-state index in [0.717, 1.165) is 49.8 Å². The minimum Gasteiger partial charge on any atom is -0.497 e. The maximum Gasteiger partial charge on any atom is 0.342 e. The molecule has 7 heteroatoms. The number of benzene rings is 2. The third-order valence-electron chi connectivity index (χ3n) is 5.90. The Kier molecular flexibility index (Phi) is 8.21. The molecule has 1 aliphatic rings. The summed E-state index contributed by atoms with van der Waals surface area (Å²) in [5.41, 5.74) is 2.92. The molecule has 0 aliphatic carbocycles. The summed E-state index contributed by atoms with van der Waals surface area (Å²) < 4.78 is 16.5. The standard InChI is InChI=1S/C28H33N3O4/c1-21(2)35-28(32)26-8-5-13-29-27(26)31-16-14-30(15-17-31)19-22-9-11-23(12-10-22)20-34-25-7-4-6-24(18-25)33-3/h4-13,18,21H,14-17,19-20H2,1-3H3. The van der Waals surface area contributed by atoms with Crippen molar-refractivity contribution in [1.82, 2.24) is 9.88 Å². The first-order valence-corrected chi connectivity index (χ1v) is 12.0. The summed E-state index contributed by atoms with van der Waals surface area (Å²) >= 11 is 0. The monoisotopic (exact) mass is 475 g/mol. The summed E-state index contributed by atoms with van der Waals surface area (Å²) in [5, 5.41) is 0. The molecule has 1 aromatic heterocycles. The molecular formula is C28H33N3O4. The molecule has 0 radical (unpaired) electrons.